The largest absolute Gasteiger partial charge is 0.310 e. The second kappa shape index (κ2) is 21.7. The van der Waals surface area contributed by atoms with Gasteiger partial charge in [0.25, 0.3) is 0 Å². The Morgan fingerprint density at radius 2 is 0.615 bits per heavy atom. The highest BCUT2D eigenvalue weighted by Gasteiger charge is 2.39. The number of anilines is 12. The molecule has 0 atom stereocenters. The molecule has 0 saturated carbocycles. The lowest BCUT2D eigenvalue weighted by Crippen LogP contribution is -2.18. The van der Waals surface area contributed by atoms with Crippen LogP contribution in [0.2, 0.25) is 0 Å². The summed E-state index contributed by atoms with van der Waals surface area (Å²) in [7, 11) is 0. The molecule has 0 saturated heterocycles. The Morgan fingerprint density at radius 3 is 1.11 bits per heavy atom. The first-order valence-corrected chi connectivity index (χ1v) is 30.8. The molecule has 11 aromatic carbocycles. The molecule has 9 heteroatoms. The molecular formula is C82H57N9. The van der Waals surface area contributed by atoms with Crippen molar-refractivity contribution in [2.24, 2.45) is 0 Å². The number of pyridine rings is 5. The maximum absolute atomic E-state index is 5.28. The molecule has 0 radical (unpaired) electrons. The Kier molecular flexibility index (Phi) is 12.7. The maximum atomic E-state index is 5.28. The first-order chi connectivity index (χ1) is 44.9. The van der Waals surface area contributed by atoms with Crippen LogP contribution in [0.5, 0.6) is 0 Å². The third kappa shape index (κ3) is 9.12. The minimum absolute atomic E-state index is 0.468. The van der Waals surface area contributed by atoms with Crippen molar-refractivity contribution in [2.45, 2.75) is 19.3 Å². The number of benzene rings is 11. The van der Waals surface area contributed by atoms with Crippen LogP contribution in [-0.4, -0.2) is 24.9 Å². The second-order valence-electron chi connectivity index (χ2n) is 23.8. The minimum Gasteiger partial charge on any atom is -0.310 e. The fourth-order valence-corrected chi connectivity index (χ4v) is 13.8. The van der Waals surface area contributed by atoms with Gasteiger partial charge in [-0.25, -0.2) is 4.98 Å². The average Bonchev–Trinajstić information content (AvgIpc) is 1.69. The molecule has 430 valence electrons. The van der Waals surface area contributed by atoms with Gasteiger partial charge in [-0.2, -0.15) is 0 Å². The number of aromatic nitrogens is 5. The SMILES string of the molecule is CC1(C)c2cc(N(c3ccccc3)c3ccc4ncccc4c3)ccc2-c2cc3c(N(c4ccc5ncccc5c4)c4ccccn4)c4cc(N(c5ccccc5)c5ccc6ncccc6c5)ccc4c(N(c4ccccc4)c4ccc5ncccc5c4)c3cc21. The topological polar surface area (TPSA) is 77.4 Å². The number of rotatable bonds is 12. The lowest BCUT2D eigenvalue weighted by atomic mass is 9.81. The van der Waals surface area contributed by atoms with E-state index < -0.39 is 5.41 Å². The summed E-state index contributed by atoms with van der Waals surface area (Å²) in [5.74, 6) is 0.770. The van der Waals surface area contributed by atoms with Crippen LogP contribution < -0.4 is 19.6 Å². The summed E-state index contributed by atoms with van der Waals surface area (Å²) in [5.41, 5.74) is 19.3. The van der Waals surface area contributed by atoms with Gasteiger partial charge in [0.05, 0.1) is 33.4 Å². The number of nitrogens with zero attached hydrogens (tertiary/aromatic N) is 9. The van der Waals surface area contributed by atoms with E-state index in [4.69, 9.17) is 24.9 Å². The van der Waals surface area contributed by atoms with Crippen molar-refractivity contribution in [1.29, 1.82) is 0 Å². The second-order valence-corrected chi connectivity index (χ2v) is 23.8. The third-order valence-electron chi connectivity index (χ3n) is 18.1. The smallest absolute Gasteiger partial charge is 0.137 e. The molecule has 0 N–H and O–H groups in total. The van der Waals surface area contributed by atoms with E-state index in [1.165, 1.54) is 22.3 Å². The predicted molar refractivity (Wildman–Crippen MR) is 377 cm³/mol. The summed E-state index contributed by atoms with van der Waals surface area (Å²) in [4.78, 5) is 33.9. The molecule has 0 bridgehead atoms. The standard InChI is InChI=1S/C82H57N9/c1-82(2)73-51-66(89(59-24-8-4-9-25-59)62-32-38-76-55(47-62)19-15-43-84-76)29-35-67(73)69-52-71-72(53-74(69)82)80(90(60-26-10-5-11-27-60)63-33-39-77-56(48-63)20-16-44-85-77)68-36-30-65(88(58-22-6-3-7-23-58)61-31-37-75-54(46-61)18-14-42-83-75)50-70(68)81(71)91(79-28-12-13-41-87-79)64-34-40-78-57(49-64)21-17-45-86-78/h3-53H,1-2H3. The summed E-state index contributed by atoms with van der Waals surface area (Å²) >= 11 is 0. The van der Waals surface area contributed by atoms with Crippen molar-refractivity contribution in [3.05, 3.63) is 321 Å². The molecule has 1 aliphatic rings. The van der Waals surface area contributed by atoms with Crippen molar-refractivity contribution < 1.29 is 0 Å². The molecule has 0 aliphatic heterocycles. The van der Waals surface area contributed by atoms with E-state index in [1.807, 2.05) is 61.3 Å². The van der Waals surface area contributed by atoms with Crippen molar-refractivity contribution >= 4 is 134 Å². The Bertz CT molecular complexity index is 5490. The first kappa shape index (κ1) is 53.2. The lowest BCUT2D eigenvalue weighted by Gasteiger charge is -2.34. The molecule has 0 unspecified atom stereocenters. The maximum Gasteiger partial charge on any atom is 0.137 e. The highest BCUT2D eigenvalue weighted by atomic mass is 15.2. The zero-order chi connectivity index (χ0) is 60.6. The number of fused-ring (bicyclic) bond motifs is 9. The van der Waals surface area contributed by atoms with Gasteiger partial charge < -0.3 is 14.7 Å². The van der Waals surface area contributed by atoms with Crippen molar-refractivity contribution in [1.82, 2.24) is 24.9 Å². The molecule has 16 aromatic rings. The van der Waals surface area contributed by atoms with Gasteiger partial charge in [-0.15, -0.1) is 0 Å². The fourth-order valence-electron chi connectivity index (χ4n) is 13.8. The van der Waals surface area contributed by atoms with Crippen LogP contribution >= 0.6 is 0 Å². The molecule has 1 aliphatic carbocycles. The average molecular weight is 1170 g/mol. The lowest BCUT2D eigenvalue weighted by molar-refractivity contribution is 0.661. The van der Waals surface area contributed by atoms with Gasteiger partial charge in [0, 0.05) is 131 Å². The van der Waals surface area contributed by atoms with Gasteiger partial charge in [-0.05, 0) is 204 Å². The normalized spacial score (nSPS) is 12.4. The van der Waals surface area contributed by atoms with Crippen LogP contribution in [0.25, 0.3) is 76.3 Å². The highest BCUT2D eigenvalue weighted by molar-refractivity contribution is 6.25. The van der Waals surface area contributed by atoms with E-state index in [2.05, 4.69) is 282 Å². The van der Waals surface area contributed by atoms with Crippen LogP contribution in [0.3, 0.4) is 0 Å². The third-order valence-corrected chi connectivity index (χ3v) is 18.1. The summed E-state index contributed by atoms with van der Waals surface area (Å²) in [6.45, 7) is 4.79. The Morgan fingerprint density at radius 1 is 0.242 bits per heavy atom. The van der Waals surface area contributed by atoms with Crippen LogP contribution in [0.15, 0.2) is 310 Å². The summed E-state index contributed by atoms with van der Waals surface area (Å²) < 4.78 is 0. The summed E-state index contributed by atoms with van der Waals surface area (Å²) in [6.07, 6.45) is 9.33. The van der Waals surface area contributed by atoms with E-state index >= 15 is 0 Å². The molecule has 0 amide bonds. The zero-order valence-electron chi connectivity index (χ0n) is 50.0. The Balaban J connectivity index is 1.00. The minimum atomic E-state index is -0.468. The van der Waals surface area contributed by atoms with Gasteiger partial charge in [0.1, 0.15) is 5.82 Å². The van der Waals surface area contributed by atoms with Crippen LogP contribution in [0.1, 0.15) is 25.0 Å². The van der Waals surface area contributed by atoms with Gasteiger partial charge in [-0.1, -0.05) is 111 Å². The number of hydrogen-bond donors (Lipinski definition) is 0. The quantitative estimate of drug-likeness (QED) is 0.0878. The van der Waals surface area contributed by atoms with Crippen molar-refractivity contribution in [3.8, 4) is 11.1 Å². The zero-order valence-corrected chi connectivity index (χ0v) is 50.0. The molecule has 0 spiro atoms. The van der Waals surface area contributed by atoms with Gasteiger partial charge >= 0.3 is 0 Å². The molecule has 5 aromatic heterocycles. The van der Waals surface area contributed by atoms with Gasteiger partial charge in [-0.3, -0.25) is 24.8 Å². The summed E-state index contributed by atoms with van der Waals surface area (Å²) in [5, 5.41) is 8.37. The molecule has 91 heavy (non-hydrogen) atoms. The molecule has 0 fully saturated rings. The van der Waals surface area contributed by atoms with Gasteiger partial charge in [0.15, 0.2) is 0 Å². The molecule has 9 nitrogen and oxygen atoms in total. The van der Waals surface area contributed by atoms with E-state index in [0.717, 1.165) is 134 Å². The van der Waals surface area contributed by atoms with Crippen molar-refractivity contribution in [3.63, 3.8) is 0 Å². The van der Waals surface area contributed by atoms with Crippen LogP contribution in [0.4, 0.5) is 68.4 Å². The van der Waals surface area contributed by atoms with Crippen LogP contribution in [0, 0.1) is 0 Å². The Labute approximate surface area is 526 Å². The predicted octanol–water partition coefficient (Wildman–Crippen LogP) is 21.8. The van der Waals surface area contributed by atoms with E-state index in [9.17, 15) is 0 Å². The molecule has 5 heterocycles. The monoisotopic (exact) mass is 1170 g/mol. The Hall–Kier alpha value is -12.1. The summed E-state index contributed by atoms with van der Waals surface area (Å²) in [6, 6.07) is 100. The first-order valence-electron chi connectivity index (χ1n) is 30.8. The van der Waals surface area contributed by atoms with Crippen molar-refractivity contribution in [2.75, 3.05) is 19.6 Å². The van der Waals surface area contributed by atoms with Crippen LogP contribution in [-0.2, 0) is 5.41 Å². The number of hydrogen-bond acceptors (Lipinski definition) is 9. The van der Waals surface area contributed by atoms with E-state index in [0.29, 0.717) is 0 Å². The highest BCUT2D eigenvalue weighted by Crippen LogP contribution is 2.58. The molecule has 17 rings (SSSR count). The van der Waals surface area contributed by atoms with E-state index in [1.54, 1.807) is 0 Å². The van der Waals surface area contributed by atoms with Gasteiger partial charge in [0.2, 0.25) is 0 Å². The fraction of sp³-hybridized carbons (Fsp3) is 0.0366. The number of para-hydroxylation sites is 3. The molecular weight excluding hydrogens is 1110 g/mol. The van der Waals surface area contributed by atoms with E-state index in [-0.39, 0.29) is 0 Å².